The van der Waals surface area contributed by atoms with Gasteiger partial charge in [0.2, 0.25) is 0 Å². The first-order valence-electron chi connectivity index (χ1n) is 3.31. The lowest BCUT2D eigenvalue weighted by molar-refractivity contribution is -0.133. The number of aliphatic hydroxyl groups is 1. The number of hydrogen-bond donors (Lipinski definition) is 1. The minimum atomic E-state index is -0.445. The lowest BCUT2D eigenvalue weighted by atomic mass is 10.4. The number of carbonyl (C=O) groups excluding carboxylic acids is 1. The van der Waals surface area contributed by atoms with Gasteiger partial charge in [0.05, 0.1) is 6.26 Å². The van der Waals surface area contributed by atoms with Gasteiger partial charge < -0.3 is 9.84 Å². The molecule has 3 nitrogen and oxygen atoms in total. The molecule has 0 aromatic rings. The topological polar surface area (TPSA) is 46.5 Å². The summed E-state index contributed by atoms with van der Waals surface area (Å²) < 4.78 is 4.58. The maximum atomic E-state index is 10.7. The van der Waals surface area contributed by atoms with E-state index in [2.05, 4.69) is 11.3 Å². The predicted molar refractivity (Wildman–Crippen MR) is 41.7 cm³/mol. The van der Waals surface area contributed by atoms with Crippen LogP contribution in [-0.2, 0) is 9.53 Å². The summed E-state index contributed by atoms with van der Waals surface area (Å²) in [5.74, 6) is -0.445. The first-order chi connectivity index (χ1) is 5.18. The molecule has 0 heterocycles. The SMILES string of the molecule is C=C(C)C(=O)OC=CCCO. The van der Waals surface area contributed by atoms with Crippen LogP contribution in [0.1, 0.15) is 13.3 Å². The lowest BCUT2D eigenvalue weighted by Crippen LogP contribution is -1.98. The Kier molecular flexibility index (Phi) is 5.11. The van der Waals surface area contributed by atoms with Gasteiger partial charge in [0.25, 0.3) is 0 Å². The number of hydrogen-bond acceptors (Lipinski definition) is 3. The van der Waals surface area contributed by atoms with Crippen molar-refractivity contribution in [1.82, 2.24) is 0 Å². The summed E-state index contributed by atoms with van der Waals surface area (Å²) in [6.07, 6.45) is 3.32. The molecule has 0 aromatic carbocycles. The minimum absolute atomic E-state index is 0.0567. The highest BCUT2D eigenvalue weighted by Gasteiger charge is 1.98. The van der Waals surface area contributed by atoms with Crippen LogP contribution in [0.15, 0.2) is 24.5 Å². The van der Waals surface area contributed by atoms with Crippen molar-refractivity contribution in [2.24, 2.45) is 0 Å². The van der Waals surface area contributed by atoms with Crippen molar-refractivity contribution in [3.63, 3.8) is 0 Å². The van der Waals surface area contributed by atoms with Crippen LogP contribution in [0, 0.1) is 0 Å². The van der Waals surface area contributed by atoms with Crippen molar-refractivity contribution >= 4 is 5.97 Å². The summed E-state index contributed by atoms with van der Waals surface area (Å²) in [4.78, 5) is 10.7. The van der Waals surface area contributed by atoms with Gasteiger partial charge in [-0.3, -0.25) is 0 Å². The summed E-state index contributed by atoms with van der Waals surface area (Å²) in [5.41, 5.74) is 0.360. The monoisotopic (exact) mass is 156 g/mol. The van der Waals surface area contributed by atoms with Crippen LogP contribution in [0.4, 0.5) is 0 Å². The van der Waals surface area contributed by atoms with E-state index in [1.165, 1.54) is 6.26 Å². The van der Waals surface area contributed by atoms with E-state index in [4.69, 9.17) is 5.11 Å². The molecule has 0 bridgehead atoms. The molecule has 11 heavy (non-hydrogen) atoms. The molecular weight excluding hydrogens is 144 g/mol. The average Bonchev–Trinajstić information content (AvgIpc) is 1.97. The molecule has 0 aromatic heterocycles. The fourth-order valence-electron chi connectivity index (χ4n) is 0.353. The van der Waals surface area contributed by atoms with E-state index < -0.39 is 5.97 Å². The van der Waals surface area contributed by atoms with Gasteiger partial charge in [0, 0.05) is 12.2 Å². The zero-order valence-electron chi connectivity index (χ0n) is 6.54. The average molecular weight is 156 g/mol. The van der Waals surface area contributed by atoms with Crippen LogP contribution in [0.5, 0.6) is 0 Å². The number of carbonyl (C=O) groups is 1. The lowest BCUT2D eigenvalue weighted by Gasteiger charge is -1.94. The summed E-state index contributed by atoms with van der Waals surface area (Å²) in [6, 6.07) is 0. The molecule has 1 N–H and O–H groups in total. The summed E-state index contributed by atoms with van der Waals surface area (Å²) in [7, 11) is 0. The molecule has 0 aliphatic heterocycles. The molecule has 0 saturated heterocycles. The van der Waals surface area contributed by atoms with Crippen LogP contribution in [0.25, 0.3) is 0 Å². The fraction of sp³-hybridized carbons (Fsp3) is 0.375. The van der Waals surface area contributed by atoms with Crippen molar-refractivity contribution in [3.05, 3.63) is 24.5 Å². The van der Waals surface area contributed by atoms with Crippen molar-refractivity contribution < 1.29 is 14.6 Å². The number of ether oxygens (including phenoxy) is 1. The third-order valence-electron chi connectivity index (χ3n) is 0.916. The van der Waals surface area contributed by atoms with Crippen molar-refractivity contribution in [2.45, 2.75) is 13.3 Å². The van der Waals surface area contributed by atoms with E-state index in [1.54, 1.807) is 13.0 Å². The van der Waals surface area contributed by atoms with Crippen molar-refractivity contribution in [3.8, 4) is 0 Å². The van der Waals surface area contributed by atoms with Crippen LogP contribution in [0.2, 0.25) is 0 Å². The molecule has 0 aliphatic carbocycles. The smallest absolute Gasteiger partial charge is 0.337 e. The molecule has 0 unspecified atom stereocenters. The summed E-state index contributed by atoms with van der Waals surface area (Å²) in [6.45, 7) is 5.02. The second kappa shape index (κ2) is 5.68. The Morgan fingerprint density at radius 3 is 2.82 bits per heavy atom. The third-order valence-corrected chi connectivity index (χ3v) is 0.916. The molecule has 0 fully saturated rings. The van der Waals surface area contributed by atoms with Crippen molar-refractivity contribution in [1.29, 1.82) is 0 Å². The van der Waals surface area contributed by atoms with Crippen molar-refractivity contribution in [2.75, 3.05) is 6.61 Å². The van der Waals surface area contributed by atoms with E-state index in [0.717, 1.165) is 0 Å². The second-order valence-corrected chi connectivity index (χ2v) is 2.07. The molecule has 0 amide bonds. The maximum Gasteiger partial charge on any atom is 0.337 e. The zero-order valence-corrected chi connectivity index (χ0v) is 6.54. The van der Waals surface area contributed by atoms with Crippen LogP contribution < -0.4 is 0 Å². The number of esters is 1. The molecule has 3 heteroatoms. The fourth-order valence-corrected chi connectivity index (χ4v) is 0.353. The van der Waals surface area contributed by atoms with Gasteiger partial charge in [-0.05, 0) is 19.4 Å². The first kappa shape index (κ1) is 9.91. The van der Waals surface area contributed by atoms with Gasteiger partial charge in [-0.25, -0.2) is 4.79 Å². The summed E-state index contributed by atoms with van der Waals surface area (Å²) >= 11 is 0. The van der Waals surface area contributed by atoms with Crippen LogP contribution in [0.3, 0.4) is 0 Å². The zero-order chi connectivity index (χ0) is 8.69. The van der Waals surface area contributed by atoms with E-state index in [-0.39, 0.29) is 6.61 Å². The highest BCUT2D eigenvalue weighted by molar-refractivity contribution is 5.87. The Hall–Kier alpha value is -1.09. The molecular formula is C8H12O3. The van der Waals surface area contributed by atoms with Gasteiger partial charge in [-0.15, -0.1) is 0 Å². The standard InChI is InChI=1S/C8H12O3/c1-7(2)8(10)11-6-4-3-5-9/h4,6,9H,1,3,5H2,2H3. The van der Waals surface area contributed by atoms with Gasteiger partial charge >= 0.3 is 5.97 Å². The molecule has 0 saturated carbocycles. The Morgan fingerprint density at radius 2 is 2.36 bits per heavy atom. The van der Waals surface area contributed by atoms with E-state index in [0.29, 0.717) is 12.0 Å². The second-order valence-electron chi connectivity index (χ2n) is 2.07. The van der Waals surface area contributed by atoms with Crippen LogP contribution >= 0.6 is 0 Å². The largest absolute Gasteiger partial charge is 0.431 e. The minimum Gasteiger partial charge on any atom is -0.431 e. The summed E-state index contributed by atoms with van der Waals surface area (Å²) in [5, 5.41) is 8.33. The number of aliphatic hydroxyl groups excluding tert-OH is 1. The molecule has 0 atom stereocenters. The Bertz CT molecular complexity index is 170. The maximum absolute atomic E-state index is 10.7. The predicted octanol–water partition coefficient (Wildman–Crippen LogP) is 1.00. The van der Waals surface area contributed by atoms with Gasteiger partial charge in [0.1, 0.15) is 0 Å². The van der Waals surface area contributed by atoms with Gasteiger partial charge in [0.15, 0.2) is 0 Å². The molecule has 0 radical (unpaired) electrons. The Balaban J connectivity index is 3.53. The molecule has 62 valence electrons. The highest BCUT2D eigenvalue weighted by Crippen LogP contribution is 1.92. The van der Waals surface area contributed by atoms with Gasteiger partial charge in [-0.1, -0.05) is 6.58 Å². The Labute approximate surface area is 66.0 Å². The molecule has 0 aliphatic rings. The van der Waals surface area contributed by atoms with E-state index in [9.17, 15) is 4.79 Å². The molecule has 0 rings (SSSR count). The van der Waals surface area contributed by atoms with Crippen LogP contribution in [-0.4, -0.2) is 17.7 Å². The number of rotatable bonds is 4. The molecule has 0 spiro atoms. The van der Waals surface area contributed by atoms with Gasteiger partial charge in [-0.2, -0.15) is 0 Å². The normalized spacial score (nSPS) is 10.0. The first-order valence-corrected chi connectivity index (χ1v) is 3.31. The Morgan fingerprint density at radius 1 is 1.73 bits per heavy atom. The van der Waals surface area contributed by atoms with E-state index in [1.807, 2.05) is 0 Å². The third kappa shape index (κ3) is 5.36. The highest BCUT2D eigenvalue weighted by atomic mass is 16.5. The quantitative estimate of drug-likeness (QED) is 0.375. The van der Waals surface area contributed by atoms with E-state index >= 15 is 0 Å².